The van der Waals surface area contributed by atoms with Gasteiger partial charge in [0.2, 0.25) is 0 Å². The van der Waals surface area contributed by atoms with Gasteiger partial charge < -0.3 is 5.73 Å². The fourth-order valence-corrected chi connectivity index (χ4v) is 2.86. The molecule has 0 aliphatic carbocycles. The van der Waals surface area contributed by atoms with Gasteiger partial charge in [-0.05, 0) is 35.9 Å². The van der Waals surface area contributed by atoms with E-state index in [-0.39, 0.29) is 0 Å². The van der Waals surface area contributed by atoms with Crippen LogP contribution in [-0.2, 0) is 16.4 Å². The summed E-state index contributed by atoms with van der Waals surface area (Å²) in [4.78, 5) is 0.320. The number of nitrogen functional groups attached to an aromatic ring is 1. The van der Waals surface area contributed by atoms with Crippen molar-refractivity contribution in [1.82, 2.24) is 9.78 Å². The first-order valence-electron chi connectivity index (χ1n) is 6.43. The number of rotatable bonds is 3. The molecule has 0 spiro atoms. The lowest BCUT2D eigenvalue weighted by atomic mass is 10.2. The molecule has 0 saturated heterocycles. The van der Waals surface area contributed by atoms with Crippen LogP contribution in [-0.4, -0.2) is 24.5 Å². The second-order valence-electron chi connectivity index (χ2n) is 5.04. The molecule has 0 radical (unpaired) electrons. The molecule has 3 aromatic rings. The number of fused-ring (bicyclic) bond motifs is 1. The maximum absolute atomic E-state index is 11.4. The van der Waals surface area contributed by atoms with E-state index in [2.05, 4.69) is 5.10 Å². The van der Waals surface area contributed by atoms with Gasteiger partial charge in [0.25, 0.3) is 0 Å². The van der Waals surface area contributed by atoms with Crippen LogP contribution in [0, 0.1) is 0 Å². The quantitative estimate of drug-likeness (QED) is 0.751. The molecule has 0 bridgehead atoms. The molecule has 0 fully saturated rings. The molecule has 1 aromatic heterocycles. The Kier molecular flexibility index (Phi) is 3.17. The van der Waals surface area contributed by atoms with Gasteiger partial charge in [0.15, 0.2) is 9.84 Å². The van der Waals surface area contributed by atoms with Crippen molar-refractivity contribution in [2.75, 3.05) is 12.0 Å². The number of sulfone groups is 1. The molecule has 1 heterocycles. The minimum atomic E-state index is -3.16. The van der Waals surface area contributed by atoms with Crippen LogP contribution in [0.3, 0.4) is 0 Å². The van der Waals surface area contributed by atoms with Crippen LogP contribution in [0.15, 0.2) is 53.6 Å². The number of anilines is 1. The van der Waals surface area contributed by atoms with E-state index >= 15 is 0 Å². The summed E-state index contributed by atoms with van der Waals surface area (Å²) in [6.07, 6.45) is 2.99. The van der Waals surface area contributed by atoms with E-state index in [4.69, 9.17) is 5.73 Å². The summed E-state index contributed by atoms with van der Waals surface area (Å²) in [6.45, 7) is 0.566. The lowest BCUT2D eigenvalue weighted by Gasteiger charge is -2.05. The molecule has 5 nitrogen and oxygen atoms in total. The van der Waals surface area contributed by atoms with E-state index in [0.717, 1.165) is 16.5 Å². The number of benzene rings is 2. The topological polar surface area (TPSA) is 78.0 Å². The Bertz CT molecular complexity index is 896. The van der Waals surface area contributed by atoms with E-state index < -0.39 is 9.84 Å². The third-order valence-corrected chi connectivity index (χ3v) is 4.48. The molecular weight excluding hydrogens is 286 g/mol. The van der Waals surface area contributed by atoms with Gasteiger partial charge in [0, 0.05) is 17.3 Å². The minimum absolute atomic E-state index is 0.320. The molecule has 0 amide bonds. The van der Waals surface area contributed by atoms with Gasteiger partial charge in [0.05, 0.1) is 23.2 Å². The Labute approximate surface area is 122 Å². The standard InChI is InChI=1S/C15H15N3O2S/c1-21(19,20)14-6-2-11(3-7-14)10-18-15-8-13(16)5-4-12(15)9-17-18/h2-9H,10,16H2,1H3. The Balaban J connectivity index is 1.93. The summed E-state index contributed by atoms with van der Waals surface area (Å²) in [5, 5.41) is 5.37. The fraction of sp³-hybridized carbons (Fsp3) is 0.133. The molecule has 0 aliphatic heterocycles. The third-order valence-electron chi connectivity index (χ3n) is 3.35. The van der Waals surface area contributed by atoms with Gasteiger partial charge in [-0.3, -0.25) is 4.68 Å². The SMILES string of the molecule is CS(=O)(=O)c1ccc(Cn2ncc3ccc(N)cc32)cc1. The summed E-state index contributed by atoms with van der Waals surface area (Å²) in [5.41, 5.74) is 8.44. The Morgan fingerprint density at radius 2 is 1.86 bits per heavy atom. The van der Waals surface area contributed by atoms with Gasteiger partial charge in [-0.15, -0.1) is 0 Å². The maximum Gasteiger partial charge on any atom is 0.175 e. The molecular formula is C15H15N3O2S. The van der Waals surface area contributed by atoms with Crippen LogP contribution in [0.2, 0.25) is 0 Å². The van der Waals surface area contributed by atoms with Crippen molar-refractivity contribution in [3.05, 3.63) is 54.2 Å². The highest BCUT2D eigenvalue weighted by Crippen LogP contribution is 2.18. The van der Waals surface area contributed by atoms with Crippen LogP contribution < -0.4 is 5.73 Å². The van der Waals surface area contributed by atoms with Crippen molar-refractivity contribution in [1.29, 1.82) is 0 Å². The molecule has 0 atom stereocenters. The van der Waals surface area contributed by atoms with Crippen LogP contribution in [0.1, 0.15) is 5.56 Å². The molecule has 3 rings (SSSR count). The predicted octanol–water partition coefficient (Wildman–Crippen LogP) is 2.07. The third kappa shape index (κ3) is 2.75. The molecule has 6 heteroatoms. The fourth-order valence-electron chi connectivity index (χ4n) is 2.23. The molecule has 21 heavy (non-hydrogen) atoms. The lowest BCUT2D eigenvalue weighted by molar-refractivity contribution is 0.602. The number of hydrogen-bond acceptors (Lipinski definition) is 4. The summed E-state index contributed by atoms with van der Waals surface area (Å²) < 4.78 is 24.7. The van der Waals surface area contributed by atoms with Crippen molar-refractivity contribution in [3.63, 3.8) is 0 Å². The molecule has 0 saturated carbocycles. The highest BCUT2D eigenvalue weighted by Gasteiger charge is 2.08. The summed E-state index contributed by atoms with van der Waals surface area (Å²) in [5.74, 6) is 0. The zero-order chi connectivity index (χ0) is 15.0. The summed E-state index contributed by atoms with van der Waals surface area (Å²) in [7, 11) is -3.16. The predicted molar refractivity (Wildman–Crippen MR) is 82.8 cm³/mol. The maximum atomic E-state index is 11.4. The van der Waals surface area contributed by atoms with E-state index in [1.165, 1.54) is 6.26 Å². The first kappa shape index (κ1) is 13.6. The van der Waals surface area contributed by atoms with Crippen molar-refractivity contribution in [2.45, 2.75) is 11.4 Å². The number of aromatic nitrogens is 2. The van der Waals surface area contributed by atoms with Gasteiger partial charge in [-0.25, -0.2) is 8.42 Å². The normalized spacial score (nSPS) is 11.9. The average Bonchev–Trinajstić information content (AvgIpc) is 2.81. The molecule has 2 aromatic carbocycles. The van der Waals surface area contributed by atoms with E-state index in [0.29, 0.717) is 17.1 Å². The van der Waals surface area contributed by atoms with Gasteiger partial charge in [-0.2, -0.15) is 5.10 Å². The first-order chi connectivity index (χ1) is 9.93. The summed E-state index contributed by atoms with van der Waals surface area (Å²) in [6, 6.07) is 12.5. The number of nitrogens with zero attached hydrogens (tertiary/aromatic N) is 2. The monoisotopic (exact) mass is 301 g/mol. The Morgan fingerprint density at radius 3 is 2.52 bits per heavy atom. The highest BCUT2D eigenvalue weighted by molar-refractivity contribution is 7.90. The second kappa shape index (κ2) is 4.89. The largest absolute Gasteiger partial charge is 0.399 e. The number of nitrogens with two attached hydrogens (primary N) is 1. The average molecular weight is 301 g/mol. The van der Waals surface area contributed by atoms with Crippen LogP contribution in [0.5, 0.6) is 0 Å². The smallest absolute Gasteiger partial charge is 0.175 e. The first-order valence-corrected chi connectivity index (χ1v) is 8.33. The Hall–Kier alpha value is -2.34. The zero-order valence-electron chi connectivity index (χ0n) is 11.5. The van der Waals surface area contributed by atoms with E-state index in [9.17, 15) is 8.42 Å². The van der Waals surface area contributed by atoms with Gasteiger partial charge in [0.1, 0.15) is 0 Å². The van der Waals surface area contributed by atoms with Gasteiger partial charge in [-0.1, -0.05) is 12.1 Å². The van der Waals surface area contributed by atoms with E-state index in [1.807, 2.05) is 22.9 Å². The van der Waals surface area contributed by atoms with Crippen LogP contribution >= 0.6 is 0 Å². The molecule has 108 valence electrons. The molecule has 0 aliphatic rings. The molecule has 2 N–H and O–H groups in total. The van der Waals surface area contributed by atoms with Crippen LogP contribution in [0.4, 0.5) is 5.69 Å². The van der Waals surface area contributed by atoms with Gasteiger partial charge >= 0.3 is 0 Å². The minimum Gasteiger partial charge on any atom is -0.399 e. The van der Waals surface area contributed by atoms with Crippen molar-refractivity contribution in [2.24, 2.45) is 0 Å². The second-order valence-corrected chi connectivity index (χ2v) is 7.05. The van der Waals surface area contributed by atoms with Crippen molar-refractivity contribution >= 4 is 26.4 Å². The zero-order valence-corrected chi connectivity index (χ0v) is 12.3. The van der Waals surface area contributed by atoms with Crippen molar-refractivity contribution < 1.29 is 8.42 Å². The number of hydrogen-bond donors (Lipinski definition) is 1. The van der Waals surface area contributed by atoms with Crippen molar-refractivity contribution in [3.8, 4) is 0 Å². The lowest BCUT2D eigenvalue weighted by Crippen LogP contribution is -2.03. The highest BCUT2D eigenvalue weighted by atomic mass is 32.2. The van der Waals surface area contributed by atoms with Crippen LogP contribution in [0.25, 0.3) is 10.9 Å². The Morgan fingerprint density at radius 1 is 1.14 bits per heavy atom. The summed E-state index contributed by atoms with van der Waals surface area (Å²) >= 11 is 0. The molecule has 0 unspecified atom stereocenters. The van der Waals surface area contributed by atoms with E-state index in [1.54, 1.807) is 30.5 Å².